The molecule has 0 radical (unpaired) electrons. The first kappa shape index (κ1) is 14.5. The SMILES string of the molecule is CCCCS(=O)(=O)Nc1ccccc1-c1ccccn1. The second-order valence-corrected chi connectivity index (χ2v) is 6.38. The third-order valence-corrected chi connectivity index (χ3v) is 4.26. The number of anilines is 1. The first-order chi connectivity index (χ1) is 9.62. The van der Waals surface area contributed by atoms with E-state index in [1.807, 2.05) is 43.3 Å². The van der Waals surface area contributed by atoms with Gasteiger partial charge in [-0.2, -0.15) is 0 Å². The summed E-state index contributed by atoms with van der Waals surface area (Å²) < 4.78 is 26.7. The second kappa shape index (κ2) is 6.52. The lowest BCUT2D eigenvalue weighted by molar-refractivity contribution is 0.598. The number of hydrogen-bond donors (Lipinski definition) is 1. The van der Waals surface area contributed by atoms with Gasteiger partial charge in [0.1, 0.15) is 0 Å². The Hall–Kier alpha value is -1.88. The predicted octanol–water partition coefficient (Wildman–Crippen LogP) is 3.29. The molecular weight excluding hydrogens is 272 g/mol. The van der Waals surface area contributed by atoms with Crippen LogP contribution < -0.4 is 4.72 Å². The van der Waals surface area contributed by atoms with Crippen molar-refractivity contribution in [1.29, 1.82) is 0 Å². The monoisotopic (exact) mass is 290 g/mol. The number of aromatic nitrogens is 1. The molecule has 20 heavy (non-hydrogen) atoms. The van der Waals surface area contributed by atoms with Gasteiger partial charge >= 0.3 is 0 Å². The Balaban J connectivity index is 2.30. The van der Waals surface area contributed by atoms with Crippen molar-refractivity contribution < 1.29 is 8.42 Å². The molecule has 1 heterocycles. The minimum Gasteiger partial charge on any atom is -0.283 e. The lowest BCUT2D eigenvalue weighted by Crippen LogP contribution is -2.17. The van der Waals surface area contributed by atoms with Crippen LogP contribution in [0.1, 0.15) is 19.8 Å². The van der Waals surface area contributed by atoms with E-state index in [1.165, 1.54) is 0 Å². The normalized spacial score (nSPS) is 11.2. The van der Waals surface area contributed by atoms with Crippen LogP contribution >= 0.6 is 0 Å². The molecule has 1 N–H and O–H groups in total. The van der Waals surface area contributed by atoms with Gasteiger partial charge in [0.2, 0.25) is 10.0 Å². The van der Waals surface area contributed by atoms with Crippen LogP contribution in [0.3, 0.4) is 0 Å². The third-order valence-electron chi connectivity index (χ3n) is 2.90. The highest BCUT2D eigenvalue weighted by Crippen LogP contribution is 2.26. The average Bonchev–Trinajstić information content (AvgIpc) is 2.46. The van der Waals surface area contributed by atoms with E-state index in [9.17, 15) is 8.42 Å². The highest BCUT2D eigenvalue weighted by molar-refractivity contribution is 7.92. The van der Waals surface area contributed by atoms with Gasteiger partial charge in [-0.05, 0) is 24.6 Å². The first-order valence-electron chi connectivity index (χ1n) is 6.63. The van der Waals surface area contributed by atoms with Gasteiger partial charge in [0, 0.05) is 11.8 Å². The summed E-state index contributed by atoms with van der Waals surface area (Å²) in [5, 5.41) is 0. The Morgan fingerprint density at radius 3 is 2.55 bits per heavy atom. The Morgan fingerprint density at radius 1 is 1.10 bits per heavy atom. The van der Waals surface area contributed by atoms with Crippen molar-refractivity contribution in [3.8, 4) is 11.3 Å². The zero-order chi connectivity index (χ0) is 14.4. The number of unbranched alkanes of at least 4 members (excludes halogenated alkanes) is 1. The van der Waals surface area contributed by atoms with Crippen molar-refractivity contribution in [3.63, 3.8) is 0 Å². The van der Waals surface area contributed by atoms with Gasteiger partial charge < -0.3 is 0 Å². The summed E-state index contributed by atoms with van der Waals surface area (Å²) >= 11 is 0. The van der Waals surface area contributed by atoms with Crippen molar-refractivity contribution in [3.05, 3.63) is 48.7 Å². The highest BCUT2D eigenvalue weighted by Gasteiger charge is 2.13. The number of rotatable bonds is 6. The molecule has 1 aromatic heterocycles. The van der Waals surface area contributed by atoms with Gasteiger partial charge in [-0.15, -0.1) is 0 Å². The van der Waals surface area contributed by atoms with E-state index in [2.05, 4.69) is 9.71 Å². The largest absolute Gasteiger partial charge is 0.283 e. The number of sulfonamides is 1. The molecule has 1 aromatic carbocycles. The average molecular weight is 290 g/mol. The number of para-hydroxylation sites is 1. The summed E-state index contributed by atoms with van der Waals surface area (Å²) in [4.78, 5) is 4.27. The molecule has 2 aromatic rings. The maximum atomic E-state index is 12.0. The van der Waals surface area contributed by atoms with E-state index < -0.39 is 10.0 Å². The number of benzene rings is 1. The standard InChI is InChI=1S/C15H18N2O2S/c1-2-3-12-20(18,19)17-15-10-5-4-8-13(15)14-9-6-7-11-16-14/h4-11,17H,2-3,12H2,1H3. The van der Waals surface area contributed by atoms with Gasteiger partial charge in [0.05, 0.1) is 17.1 Å². The number of hydrogen-bond acceptors (Lipinski definition) is 3. The molecule has 5 heteroatoms. The minimum atomic E-state index is -3.31. The molecule has 0 aliphatic carbocycles. The van der Waals surface area contributed by atoms with Crippen molar-refractivity contribution in [1.82, 2.24) is 4.98 Å². The molecule has 0 unspecified atom stereocenters. The molecular formula is C15H18N2O2S. The van der Waals surface area contributed by atoms with Crippen LogP contribution in [0.5, 0.6) is 0 Å². The van der Waals surface area contributed by atoms with E-state index in [1.54, 1.807) is 12.3 Å². The fourth-order valence-corrected chi connectivity index (χ4v) is 3.15. The number of nitrogens with one attached hydrogen (secondary N) is 1. The van der Waals surface area contributed by atoms with Crippen LogP contribution in [0.25, 0.3) is 11.3 Å². The molecule has 0 atom stereocenters. The Bertz CT molecular complexity index is 655. The highest BCUT2D eigenvalue weighted by atomic mass is 32.2. The van der Waals surface area contributed by atoms with Gasteiger partial charge in [-0.25, -0.2) is 8.42 Å². The van der Waals surface area contributed by atoms with Gasteiger partial charge in [-0.3, -0.25) is 9.71 Å². The van der Waals surface area contributed by atoms with Crippen LogP contribution in [-0.4, -0.2) is 19.2 Å². The van der Waals surface area contributed by atoms with Crippen molar-refractivity contribution in [2.45, 2.75) is 19.8 Å². The Morgan fingerprint density at radius 2 is 1.85 bits per heavy atom. The third kappa shape index (κ3) is 3.81. The fourth-order valence-electron chi connectivity index (χ4n) is 1.87. The summed E-state index contributed by atoms with van der Waals surface area (Å²) in [6, 6.07) is 12.9. The van der Waals surface area contributed by atoms with E-state index in [-0.39, 0.29) is 5.75 Å². The summed E-state index contributed by atoms with van der Waals surface area (Å²) in [6.07, 6.45) is 3.20. The van der Waals surface area contributed by atoms with Gasteiger partial charge in [0.25, 0.3) is 0 Å². The van der Waals surface area contributed by atoms with Crippen molar-refractivity contribution >= 4 is 15.7 Å². The summed E-state index contributed by atoms with van der Waals surface area (Å²) in [7, 11) is -3.31. The summed E-state index contributed by atoms with van der Waals surface area (Å²) in [5.74, 6) is 0.139. The van der Waals surface area contributed by atoms with Crippen LogP contribution in [-0.2, 0) is 10.0 Å². The smallest absolute Gasteiger partial charge is 0.232 e. The zero-order valence-electron chi connectivity index (χ0n) is 11.4. The number of pyridine rings is 1. The second-order valence-electron chi connectivity index (χ2n) is 4.54. The van der Waals surface area contributed by atoms with Crippen molar-refractivity contribution in [2.75, 3.05) is 10.5 Å². The zero-order valence-corrected chi connectivity index (χ0v) is 12.2. The Kier molecular flexibility index (Phi) is 4.74. The molecule has 2 rings (SSSR count). The van der Waals surface area contributed by atoms with Gasteiger partial charge in [0.15, 0.2) is 0 Å². The summed E-state index contributed by atoms with van der Waals surface area (Å²) in [6.45, 7) is 1.97. The van der Waals surface area contributed by atoms with Crippen molar-refractivity contribution in [2.24, 2.45) is 0 Å². The van der Waals surface area contributed by atoms with E-state index in [0.717, 1.165) is 17.7 Å². The molecule has 4 nitrogen and oxygen atoms in total. The molecule has 0 saturated carbocycles. The maximum absolute atomic E-state index is 12.0. The van der Waals surface area contributed by atoms with Crippen LogP contribution in [0, 0.1) is 0 Å². The molecule has 0 aliphatic heterocycles. The lowest BCUT2D eigenvalue weighted by atomic mass is 10.1. The van der Waals surface area contributed by atoms with Crippen LogP contribution in [0.2, 0.25) is 0 Å². The quantitative estimate of drug-likeness (QED) is 0.888. The maximum Gasteiger partial charge on any atom is 0.232 e. The Labute approximate surface area is 119 Å². The van der Waals surface area contributed by atoms with E-state index in [0.29, 0.717) is 12.1 Å². The van der Waals surface area contributed by atoms with E-state index in [4.69, 9.17) is 0 Å². The topological polar surface area (TPSA) is 59.1 Å². The van der Waals surface area contributed by atoms with E-state index >= 15 is 0 Å². The first-order valence-corrected chi connectivity index (χ1v) is 8.28. The van der Waals surface area contributed by atoms with Gasteiger partial charge in [-0.1, -0.05) is 37.6 Å². The molecule has 0 fully saturated rings. The van der Waals surface area contributed by atoms with Crippen LogP contribution in [0.15, 0.2) is 48.7 Å². The molecule has 0 spiro atoms. The molecule has 0 saturated heterocycles. The summed E-state index contributed by atoms with van der Waals surface area (Å²) in [5.41, 5.74) is 2.11. The van der Waals surface area contributed by atoms with Crippen LogP contribution in [0.4, 0.5) is 5.69 Å². The number of nitrogens with zero attached hydrogens (tertiary/aromatic N) is 1. The molecule has 0 amide bonds. The minimum absolute atomic E-state index is 0.139. The molecule has 0 bridgehead atoms. The molecule has 106 valence electrons. The predicted molar refractivity (Wildman–Crippen MR) is 82.0 cm³/mol. The molecule has 0 aliphatic rings. The fraction of sp³-hybridized carbons (Fsp3) is 0.267. The lowest BCUT2D eigenvalue weighted by Gasteiger charge is -2.12.